The number of hydrogen-bond acceptors (Lipinski definition) is 3. The molecule has 0 aliphatic carbocycles. The SMILES string of the molecule is CCc1ccc(-c2cnc(C(C)(C)CC)[nH]2)c2oncc12. The van der Waals surface area contributed by atoms with Crippen LogP contribution in [0, 0.1) is 0 Å². The van der Waals surface area contributed by atoms with Crippen molar-refractivity contribution in [1.82, 2.24) is 15.1 Å². The minimum absolute atomic E-state index is 0.0438. The van der Waals surface area contributed by atoms with E-state index in [0.29, 0.717) is 0 Å². The van der Waals surface area contributed by atoms with E-state index in [1.54, 1.807) is 6.20 Å². The number of nitrogens with one attached hydrogen (secondary N) is 1. The number of hydrogen-bond donors (Lipinski definition) is 1. The summed E-state index contributed by atoms with van der Waals surface area (Å²) in [5, 5.41) is 5.04. The van der Waals surface area contributed by atoms with Gasteiger partial charge in [-0.1, -0.05) is 38.9 Å². The molecule has 3 aromatic rings. The zero-order valence-electron chi connectivity index (χ0n) is 13.0. The Morgan fingerprint density at radius 3 is 2.71 bits per heavy atom. The van der Waals surface area contributed by atoms with E-state index < -0.39 is 0 Å². The molecule has 2 heterocycles. The summed E-state index contributed by atoms with van der Waals surface area (Å²) >= 11 is 0. The molecule has 2 aromatic heterocycles. The summed E-state index contributed by atoms with van der Waals surface area (Å²) < 4.78 is 5.47. The second-order valence-electron chi connectivity index (χ2n) is 6.08. The van der Waals surface area contributed by atoms with Gasteiger partial charge in [0.15, 0.2) is 5.58 Å². The van der Waals surface area contributed by atoms with Crippen LogP contribution in [-0.4, -0.2) is 15.1 Å². The quantitative estimate of drug-likeness (QED) is 0.768. The molecule has 0 saturated heterocycles. The van der Waals surface area contributed by atoms with Gasteiger partial charge in [0.25, 0.3) is 0 Å². The molecule has 21 heavy (non-hydrogen) atoms. The topological polar surface area (TPSA) is 54.7 Å². The number of rotatable bonds is 4. The van der Waals surface area contributed by atoms with Crippen LogP contribution in [0.3, 0.4) is 0 Å². The maximum absolute atomic E-state index is 5.47. The van der Waals surface area contributed by atoms with Crippen molar-refractivity contribution < 1.29 is 4.52 Å². The third kappa shape index (κ3) is 2.24. The van der Waals surface area contributed by atoms with Crippen molar-refractivity contribution >= 4 is 11.0 Å². The minimum Gasteiger partial charge on any atom is -0.356 e. The molecule has 4 heteroatoms. The molecular formula is C17H21N3O. The highest BCUT2D eigenvalue weighted by atomic mass is 16.5. The van der Waals surface area contributed by atoms with Crippen LogP contribution in [0.15, 0.2) is 29.0 Å². The normalized spacial score (nSPS) is 12.2. The van der Waals surface area contributed by atoms with Crippen molar-refractivity contribution in [3.8, 4) is 11.3 Å². The van der Waals surface area contributed by atoms with E-state index in [4.69, 9.17) is 4.52 Å². The largest absolute Gasteiger partial charge is 0.356 e. The number of aromatic nitrogens is 3. The Morgan fingerprint density at radius 1 is 1.19 bits per heavy atom. The van der Waals surface area contributed by atoms with Gasteiger partial charge >= 0.3 is 0 Å². The summed E-state index contributed by atoms with van der Waals surface area (Å²) in [7, 11) is 0. The van der Waals surface area contributed by atoms with E-state index in [2.05, 4.69) is 55.0 Å². The van der Waals surface area contributed by atoms with Gasteiger partial charge in [0.1, 0.15) is 5.82 Å². The van der Waals surface area contributed by atoms with Gasteiger partial charge in [-0.3, -0.25) is 0 Å². The van der Waals surface area contributed by atoms with Crippen LogP contribution in [0.25, 0.3) is 22.2 Å². The second-order valence-corrected chi connectivity index (χ2v) is 6.08. The van der Waals surface area contributed by atoms with Crippen LogP contribution < -0.4 is 0 Å². The first-order valence-electron chi connectivity index (χ1n) is 7.49. The molecule has 0 aliphatic rings. The van der Waals surface area contributed by atoms with Gasteiger partial charge in [0.05, 0.1) is 18.1 Å². The Bertz CT molecular complexity index is 767. The molecule has 0 saturated carbocycles. The van der Waals surface area contributed by atoms with Crippen LogP contribution in [-0.2, 0) is 11.8 Å². The molecule has 0 amide bonds. The van der Waals surface area contributed by atoms with E-state index in [0.717, 1.165) is 40.9 Å². The van der Waals surface area contributed by atoms with Gasteiger partial charge in [-0.05, 0) is 24.5 Å². The van der Waals surface area contributed by atoms with Gasteiger partial charge in [-0.15, -0.1) is 0 Å². The fourth-order valence-electron chi connectivity index (χ4n) is 2.50. The highest BCUT2D eigenvalue weighted by molar-refractivity contribution is 5.92. The summed E-state index contributed by atoms with van der Waals surface area (Å²) in [5.41, 5.74) is 4.13. The minimum atomic E-state index is 0.0438. The van der Waals surface area contributed by atoms with Gasteiger partial charge in [-0.25, -0.2) is 4.98 Å². The van der Waals surface area contributed by atoms with E-state index in [-0.39, 0.29) is 5.41 Å². The molecular weight excluding hydrogens is 262 g/mol. The molecule has 0 unspecified atom stereocenters. The number of fused-ring (bicyclic) bond motifs is 1. The van der Waals surface area contributed by atoms with Crippen molar-refractivity contribution in [2.45, 2.75) is 46.0 Å². The standard InChI is InChI=1S/C17H21N3O/c1-5-11-7-8-12(15-13(11)9-19-21-15)14-10-18-16(20-14)17(3,4)6-2/h7-10H,5-6H2,1-4H3,(H,18,20). The first kappa shape index (κ1) is 13.9. The van der Waals surface area contributed by atoms with E-state index in [1.165, 1.54) is 5.56 Å². The summed E-state index contributed by atoms with van der Waals surface area (Å²) in [4.78, 5) is 7.99. The van der Waals surface area contributed by atoms with Crippen molar-refractivity contribution in [1.29, 1.82) is 0 Å². The van der Waals surface area contributed by atoms with Crippen LogP contribution in [0.4, 0.5) is 0 Å². The number of H-pyrrole nitrogens is 1. The number of nitrogens with zero attached hydrogens (tertiary/aromatic N) is 2. The Kier molecular flexibility index (Phi) is 3.32. The number of imidazole rings is 1. The Hall–Kier alpha value is -2.10. The molecule has 0 aliphatic heterocycles. The molecule has 0 bridgehead atoms. The van der Waals surface area contributed by atoms with Crippen LogP contribution in [0.1, 0.15) is 45.5 Å². The average Bonchev–Trinajstić information content (AvgIpc) is 3.15. The van der Waals surface area contributed by atoms with Crippen molar-refractivity contribution in [3.63, 3.8) is 0 Å². The molecule has 0 spiro atoms. The van der Waals surface area contributed by atoms with Crippen LogP contribution in [0.2, 0.25) is 0 Å². The van der Waals surface area contributed by atoms with Crippen molar-refractivity contribution in [2.75, 3.05) is 0 Å². The molecule has 4 nitrogen and oxygen atoms in total. The van der Waals surface area contributed by atoms with E-state index >= 15 is 0 Å². The first-order chi connectivity index (χ1) is 10.1. The first-order valence-corrected chi connectivity index (χ1v) is 7.49. The zero-order valence-corrected chi connectivity index (χ0v) is 13.0. The Morgan fingerprint density at radius 2 is 2.00 bits per heavy atom. The predicted molar refractivity (Wildman–Crippen MR) is 84.3 cm³/mol. The third-order valence-corrected chi connectivity index (χ3v) is 4.38. The molecule has 110 valence electrons. The molecule has 1 N–H and O–H groups in total. The highest BCUT2D eigenvalue weighted by Gasteiger charge is 2.22. The summed E-state index contributed by atoms with van der Waals surface area (Å²) in [6.07, 6.45) is 5.68. The summed E-state index contributed by atoms with van der Waals surface area (Å²) in [6, 6.07) is 4.23. The monoisotopic (exact) mass is 283 g/mol. The van der Waals surface area contributed by atoms with Crippen LogP contribution >= 0.6 is 0 Å². The third-order valence-electron chi connectivity index (χ3n) is 4.38. The molecule has 0 radical (unpaired) electrons. The van der Waals surface area contributed by atoms with Gasteiger partial charge in [-0.2, -0.15) is 0 Å². The average molecular weight is 283 g/mol. The van der Waals surface area contributed by atoms with Gasteiger partial charge in [0, 0.05) is 16.4 Å². The number of aromatic amines is 1. The van der Waals surface area contributed by atoms with Gasteiger partial charge < -0.3 is 9.51 Å². The molecule has 1 aromatic carbocycles. The maximum Gasteiger partial charge on any atom is 0.176 e. The van der Waals surface area contributed by atoms with Crippen molar-refractivity contribution in [2.24, 2.45) is 0 Å². The summed E-state index contributed by atoms with van der Waals surface area (Å²) in [6.45, 7) is 8.70. The van der Waals surface area contributed by atoms with E-state index in [1.807, 2.05) is 6.20 Å². The molecule has 0 atom stereocenters. The fraction of sp³-hybridized carbons (Fsp3) is 0.412. The Balaban J connectivity index is 2.12. The predicted octanol–water partition coefficient (Wildman–Crippen LogP) is 4.47. The lowest BCUT2D eigenvalue weighted by Gasteiger charge is -2.19. The number of aryl methyl sites for hydroxylation is 1. The lowest BCUT2D eigenvalue weighted by molar-refractivity contribution is 0.457. The molecule has 3 rings (SSSR count). The summed E-state index contributed by atoms with van der Waals surface area (Å²) in [5.74, 6) is 1.01. The highest BCUT2D eigenvalue weighted by Crippen LogP contribution is 2.32. The maximum atomic E-state index is 5.47. The Labute approximate surface area is 124 Å². The van der Waals surface area contributed by atoms with Crippen molar-refractivity contribution in [3.05, 3.63) is 35.9 Å². The lowest BCUT2D eigenvalue weighted by Crippen LogP contribution is -2.17. The molecule has 0 fully saturated rings. The fourth-order valence-corrected chi connectivity index (χ4v) is 2.50. The van der Waals surface area contributed by atoms with Crippen LogP contribution in [0.5, 0.6) is 0 Å². The van der Waals surface area contributed by atoms with E-state index in [9.17, 15) is 0 Å². The smallest absolute Gasteiger partial charge is 0.176 e. The van der Waals surface area contributed by atoms with Gasteiger partial charge in [0.2, 0.25) is 0 Å². The zero-order chi connectivity index (χ0) is 15.0. The second kappa shape index (κ2) is 5.02. The lowest BCUT2D eigenvalue weighted by atomic mass is 9.89. The number of benzene rings is 1.